The minimum atomic E-state index is -0.740. The van der Waals surface area contributed by atoms with E-state index < -0.39 is 6.04 Å². The Morgan fingerprint density at radius 1 is 1.24 bits per heavy atom. The van der Waals surface area contributed by atoms with Crippen molar-refractivity contribution in [2.45, 2.75) is 76.3 Å². The number of likely N-dealkylation sites (tertiary alicyclic amines) is 3. The van der Waals surface area contributed by atoms with Gasteiger partial charge in [0, 0.05) is 25.2 Å². The third kappa shape index (κ3) is 3.71. The van der Waals surface area contributed by atoms with Gasteiger partial charge in [0.05, 0.1) is 24.2 Å². The largest absolute Gasteiger partial charge is 0.329 e. The summed E-state index contributed by atoms with van der Waals surface area (Å²) in [6.07, 6.45) is 2.43. The molecule has 3 saturated heterocycles. The minimum absolute atomic E-state index is 0.0329. The molecule has 1 aromatic carbocycles. The Labute approximate surface area is 194 Å². The highest BCUT2D eigenvalue weighted by Crippen LogP contribution is 2.48. The van der Waals surface area contributed by atoms with Crippen LogP contribution in [-0.4, -0.2) is 69.8 Å². The predicted molar refractivity (Wildman–Crippen MR) is 120 cm³/mol. The molecule has 4 fully saturated rings. The summed E-state index contributed by atoms with van der Waals surface area (Å²) in [6.45, 7) is 7.28. The number of nitriles is 1. The van der Waals surface area contributed by atoms with Crippen molar-refractivity contribution in [3.8, 4) is 6.07 Å². The summed E-state index contributed by atoms with van der Waals surface area (Å²) in [7, 11) is 0. The van der Waals surface area contributed by atoms with Gasteiger partial charge in [0.25, 0.3) is 0 Å². The van der Waals surface area contributed by atoms with Gasteiger partial charge in [-0.1, -0.05) is 32.9 Å². The van der Waals surface area contributed by atoms with Gasteiger partial charge >= 0.3 is 0 Å². The third-order valence-electron chi connectivity index (χ3n) is 7.85. The van der Waals surface area contributed by atoms with Crippen LogP contribution in [0.2, 0.25) is 0 Å². The van der Waals surface area contributed by atoms with E-state index >= 15 is 0 Å². The second kappa shape index (κ2) is 7.78. The maximum Gasteiger partial charge on any atom is 0.242 e. The molecule has 0 radical (unpaired) electrons. The number of hydrogen-bond donors (Lipinski definition) is 1. The molecular formula is C25H32FN5O2. The number of piperazine rings is 1. The molecule has 4 aliphatic rings. The summed E-state index contributed by atoms with van der Waals surface area (Å²) < 4.78 is 13.5. The Bertz CT molecular complexity index is 1000. The summed E-state index contributed by atoms with van der Waals surface area (Å²) in [5.74, 6) is 0.0372. The quantitative estimate of drug-likeness (QED) is 0.736. The Morgan fingerprint density at radius 2 is 1.94 bits per heavy atom. The number of benzene rings is 1. The first kappa shape index (κ1) is 22.3. The fourth-order valence-corrected chi connectivity index (χ4v) is 6.36. The lowest BCUT2D eigenvalue weighted by Gasteiger charge is -2.45. The normalized spacial score (nSPS) is 32.6. The molecule has 33 heavy (non-hydrogen) atoms. The minimum Gasteiger partial charge on any atom is -0.329 e. The molecule has 0 aromatic heterocycles. The average molecular weight is 454 g/mol. The molecule has 0 spiro atoms. The van der Waals surface area contributed by atoms with Crippen LogP contribution in [-0.2, 0) is 9.59 Å². The van der Waals surface area contributed by atoms with Gasteiger partial charge in [-0.05, 0) is 48.3 Å². The van der Waals surface area contributed by atoms with Crippen LogP contribution in [0.25, 0.3) is 0 Å². The average Bonchev–Trinajstić information content (AvgIpc) is 3.09. The molecule has 1 unspecified atom stereocenters. The number of hydrogen-bond acceptors (Lipinski definition) is 5. The number of amides is 2. The molecule has 3 heterocycles. The SMILES string of the molecule is CC(C)(C)[C@H](c1ccc(F)cc1)N1C(=O)[C@@H]2C[C@H]1CN2C[C@H](N)C(=O)N1[C@H](C#N)CC2C[C@@H]21. The van der Waals surface area contributed by atoms with Crippen molar-refractivity contribution in [1.29, 1.82) is 5.26 Å². The first-order chi connectivity index (χ1) is 15.6. The van der Waals surface area contributed by atoms with E-state index in [9.17, 15) is 19.2 Å². The zero-order chi connectivity index (χ0) is 23.7. The second-order valence-electron chi connectivity index (χ2n) is 11.2. The van der Waals surface area contributed by atoms with Crippen molar-refractivity contribution in [3.05, 3.63) is 35.6 Å². The Kier molecular flexibility index (Phi) is 5.26. The van der Waals surface area contributed by atoms with Crippen LogP contribution < -0.4 is 5.73 Å². The maximum absolute atomic E-state index is 13.5. The molecule has 5 rings (SSSR count). The number of carbonyl (C=O) groups is 2. The molecule has 2 N–H and O–H groups in total. The van der Waals surface area contributed by atoms with E-state index in [0.29, 0.717) is 25.4 Å². The Hall–Kier alpha value is -2.50. The molecule has 1 aromatic rings. The number of fused-ring (bicyclic) bond motifs is 3. The van der Waals surface area contributed by atoms with Gasteiger partial charge in [-0.3, -0.25) is 14.5 Å². The van der Waals surface area contributed by atoms with Crippen molar-refractivity contribution >= 4 is 11.8 Å². The van der Waals surface area contributed by atoms with E-state index in [-0.39, 0.29) is 53.3 Å². The number of carbonyl (C=O) groups excluding carboxylic acids is 2. The zero-order valence-corrected chi connectivity index (χ0v) is 19.4. The summed E-state index contributed by atoms with van der Waals surface area (Å²) in [5, 5.41) is 9.40. The summed E-state index contributed by atoms with van der Waals surface area (Å²) in [4.78, 5) is 32.3. The van der Waals surface area contributed by atoms with Gasteiger partial charge in [-0.25, -0.2) is 4.39 Å². The Morgan fingerprint density at radius 3 is 2.55 bits per heavy atom. The van der Waals surface area contributed by atoms with E-state index in [1.54, 1.807) is 17.0 Å². The van der Waals surface area contributed by atoms with Gasteiger partial charge in [-0.2, -0.15) is 5.26 Å². The highest BCUT2D eigenvalue weighted by Gasteiger charge is 2.56. The lowest BCUT2D eigenvalue weighted by Crippen LogP contribution is -2.58. The van der Waals surface area contributed by atoms with Gasteiger partial charge in [-0.15, -0.1) is 0 Å². The number of piperidine rings is 1. The van der Waals surface area contributed by atoms with Crippen molar-refractivity contribution < 1.29 is 14.0 Å². The van der Waals surface area contributed by atoms with Gasteiger partial charge in [0.2, 0.25) is 11.8 Å². The van der Waals surface area contributed by atoms with Crippen molar-refractivity contribution in [2.24, 2.45) is 17.1 Å². The first-order valence-electron chi connectivity index (χ1n) is 11.9. The summed E-state index contributed by atoms with van der Waals surface area (Å²) in [5.41, 5.74) is 7.02. The fourth-order valence-electron chi connectivity index (χ4n) is 6.36. The van der Waals surface area contributed by atoms with Gasteiger partial charge in [0.15, 0.2) is 0 Å². The molecule has 7 atom stereocenters. The lowest BCUT2D eigenvalue weighted by atomic mass is 9.80. The molecule has 3 aliphatic heterocycles. The molecule has 2 bridgehead atoms. The highest BCUT2D eigenvalue weighted by molar-refractivity contribution is 5.87. The molecule has 8 heteroatoms. The van der Waals surface area contributed by atoms with E-state index in [2.05, 4.69) is 26.8 Å². The molecule has 176 valence electrons. The van der Waals surface area contributed by atoms with Crippen molar-refractivity contribution in [3.63, 3.8) is 0 Å². The maximum atomic E-state index is 13.5. The van der Waals surface area contributed by atoms with Crippen LogP contribution in [0, 0.1) is 28.5 Å². The standard InChI is InChI=1S/C25H32FN5O2/c1-25(2,3)22(14-4-6-16(26)7-5-14)31-18-10-21(24(31)33)29(12-18)13-19(28)23(32)30-17(11-27)8-15-9-20(15)30/h4-7,15,17-22H,8-10,12-13,28H2,1-3H3/t15?,17-,18-,19-,20-,21-,22-/m0/s1. The van der Waals surface area contributed by atoms with Crippen LogP contribution in [0.3, 0.4) is 0 Å². The molecular weight excluding hydrogens is 421 g/mol. The third-order valence-corrected chi connectivity index (χ3v) is 7.85. The van der Waals surface area contributed by atoms with E-state index in [4.69, 9.17) is 5.73 Å². The van der Waals surface area contributed by atoms with Gasteiger partial charge < -0.3 is 15.5 Å². The molecule has 1 aliphatic carbocycles. The summed E-state index contributed by atoms with van der Waals surface area (Å²) >= 11 is 0. The molecule has 2 amide bonds. The predicted octanol–water partition coefficient (Wildman–Crippen LogP) is 2.04. The monoisotopic (exact) mass is 453 g/mol. The zero-order valence-electron chi connectivity index (χ0n) is 19.4. The van der Waals surface area contributed by atoms with Crippen LogP contribution in [0.1, 0.15) is 51.6 Å². The number of nitrogens with zero attached hydrogens (tertiary/aromatic N) is 4. The van der Waals surface area contributed by atoms with E-state index in [1.807, 2.05) is 9.80 Å². The van der Waals surface area contributed by atoms with Gasteiger partial charge in [0.1, 0.15) is 11.9 Å². The second-order valence-corrected chi connectivity index (χ2v) is 11.2. The topological polar surface area (TPSA) is 93.7 Å². The molecule has 7 nitrogen and oxygen atoms in total. The van der Waals surface area contributed by atoms with Crippen LogP contribution >= 0.6 is 0 Å². The smallest absolute Gasteiger partial charge is 0.242 e. The van der Waals surface area contributed by atoms with Crippen LogP contribution in [0.5, 0.6) is 0 Å². The Balaban J connectivity index is 1.29. The number of rotatable bonds is 5. The van der Waals surface area contributed by atoms with Crippen molar-refractivity contribution in [1.82, 2.24) is 14.7 Å². The number of halogens is 1. The van der Waals surface area contributed by atoms with Crippen LogP contribution in [0.15, 0.2) is 24.3 Å². The summed E-state index contributed by atoms with van der Waals surface area (Å²) in [6, 6.07) is 7.30. The van der Waals surface area contributed by atoms with Crippen molar-refractivity contribution in [2.75, 3.05) is 13.1 Å². The molecule has 1 saturated carbocycles. The van der Waals surface area contributed by atoms with E-state index in [0.717, 1.165) is 18.4 Å². The lowest BCUT2D eigenvalue weighted by molar-refractivity contribution is -0.143. The first-order valence-corrected chi connectivity index (χ1v) is 11.9. The number of nitrogens with two attached hydrogens (primary N) is 1. The fraction of sp³-hybridized carbons (Fsp3) is 0.640. The highest BCUT2D eigenvalue weighted by atomic mass is 19.1. The van der Waals surface area contributed by atoms with E-state index in [1.165, 1.54) is 12.1 Å². The van der Waals surface area contributed by atoms with Crippen LogP contribution in [0.4, 0.5) is 4.39 Å².